The molecule has 0 atom stereocenters. The van der Waals surface area contributed by atoms with Crippen LogP contribution in [0.1, 0.15) is 5.56 Å². The van der Waals surface area contributed by atoms with Gasteiger partial charge in [0, 0.05) is 24.2 Å². The van der Waals surface area contributed by atoms with E-state index >= 15 is 0 Å². The highest BCUT2D eigenvalue weighted by molar-refractivity contribution is 5.62. The highest BCUT2D eigenvalue weighted by Crippen LogP contribution is 2.27. The summed E-state index contributed by atoms with van der Waals surface area (Å²) in [6, 6.07) is 5.01. The Hall–Kier alpha value is -2.76. The maximum atomic E-state index is 9.70. The van der Waals surface area contributed by atoms with Crippen molar-refractivity contribution in [3.05, 3.63) is 42.4 Å². The molecule has 0 amide bonds. The van der Waals surface area contributed by atoms with Gasteiger partial charge < -0.3 is 9.63 Å². The van der Waals surface area contributed by atoms with E-state index in [2.05, 4.69) is 20.1 Å². The maximum absolute atomic E-state index is 9.70. The van der Waals surface area contributed by atoms with Crippen LogP contribution in [0.3, 0.4) is 0 Å². The van der Waals surface area contributed by atoms with Crippen molar-refractivity contribution in [3.63, 3.8) is 0 Å². The van der Waals surface area contributed by atoms with Crippen LogP contribution >= 0.6 is 0 Å². The van der Waals surface area contributed by atoms with E-state index in [1.54, 1.807) is 24.7 Å². The summed E-state index contributed by atoms with van der Waals surface area (Å²) >= 11 is 0. The number of aromatic hydroxyl groups is 1. The van der Waals surface area contributed by atoms with Crippen LogP contribution in [-0.2, 0) is 0 Å². The van der Waals surface area contributed by atoms with Crippen molar-refractivity contribution < 1.29 is 9.63 Å². The van der Waals surface area contributed by atoms with Gasteiger partial charge in [0.05, 0.1) is 0 Å². The molecule has 0 bridgehead atoms. The second kappa shape index (κ2) is 4.49. The van der Waals surface area contributed by atoms with E-state index < -0.39 is 0 Å². The molecule has 0 radical (unpaired) electrons. The first kappa shape index (κ1) is 11.3. The van der Waals surface area contributed by atoms with Gasteiger partial charge in [0.2, 0.25) is 5.82 Å². The standard InChI is InChI=1S/C13H10N4O2/c1-8-4-6-14-7-9(8)12-16-13(19-17-12)11-10(18)3-2-5-15-11/h2-7,18H,1H3. The number of nitrogens with zero attached hydrogens (tertiary/aromatic N) is 4. The lowest BCUT2D eigenvalue weighted by molar-refractivity contribution is 0.423. The summed E-state index contributed by atoms with van der Waals surface area (Å²) in [5, 5.41) is 13.6. The average molecular weight is 254 g/mol. The molecule has 6 heteroatoms. The Morgan fingerprint density at radius 1 is 1.21 bits per heavy atom. The molecule has 3 rings (SSSR count). The molecular formula is C13H10N4O2. The largest absolute Gasteiger partial charge is 0.505 e. The quantitative estimate of drug-likeness (QED) is 0.754. The Labute approximate surface area is 108 Å². The summed E-state index contributed by atoms with van der Waals surface area (Å²) < 4.78 is 5.13. The maximum Gasteiger partial charge on any atom is 0.280 e. The molecule has 0 aliphatic rings. The van der Waals surface area contributed by atoms with Crippen LogP contribution in [0.15, 0.2) is 41.3 Å². The normalized spacial score (nSPS) is 10.6. The Morgan fingerprint density at radius 3 is 2.89 bits per heavy atom. The van der Waals surface area contributed by atoms with E-state index in [0.717, 1.165) is 11.1 Å². The molecule has 0 aliphatic heterocycles. The van der Waals surface area contributed by atoms with E-state index in [1.807, 2.05) is 13.0 Å². The van der Waals surface area contributed by atoms with Crippen molar-refractivity contribution in [2.75, 3.05) is 0 Å². The van der Waals surface area contributed by atoms with Gasteiger partial charge >= 0.3 is 0 Å². The van der Waals surface area contributed by atoms with E-state index in [0.29, 0.717) is 5.82 Å². The average Bonchev–Trinajstić information content (AvgIpc) is 2.89. The van der Waals surface area contributed by atoms with Crippen LogP contribution < -0.4 is 0 Å². The molecule has 3 aromatic heterocycles. The summed E-state index contributed by atoms with van der Waals surface area (Å²) in [4.78, 5) is 12.3. The van der Waals surface area contributed by atoms with Gasteiger partial charge in [-0.3, -0.25) is 4.98 Å². The molecule has 0 saturated heterocycles. The predicted octanol–water partition coefficient (Wildman–Crippen LogP) is 2.21. The molecular weight excluding hydrogens is 244 g/mol. The molecule has 0 unspecified atom stereocenters. The Kier molecular flexibility index (Phi) is 2.68. The Morgan fingerprint density at radius 2 is 2.11 bits per heavy atom. The number of hydrogen-bond donors (Lipinski definition) is 1. The Balaban J connectivity index is 2.06. The Bertz CT molecular complexity index is 664. The second-order valence-electron chi connectivity index (χ2n) is 3.98. The van der Waals surface area contributed by atoms with Crippen molar-refractivity contribution in [1.29, 1.82) is 0 Å². The van der Waals surface area contributed by atoms with Crippen LogP contribution in [0.2, 0.25) is 0 Å². The fourth-order valence-corrected chi connectivity index (χ4v) is 1.69. The summed E-state index contributed by atoms with van der Waals surface area (Å²) in [5.41, 5.74) is 2.04. The van der Waals surface area contributed by atoms with Gasteiger partial charge in [0.15, 0.2) is 5.69 Å². The number of rotatable bonds is 2. The molecule has 6 nitrogen and oxygen atoms in total. The monoisotopic (exact) mass is 254 g/mol. The fourth-order valence-electron chi connectivity index (χ4n) is 1.69. The third kappa shape index (κ3) is 2.03. The second-order valence-corrected chi connectivity index (χ2v) is 3.98. The smallest absolute Gasteiger partial charge is 0.280 e. The first-order valence-electron chi connectivity index (χ1n) is 5.65. The minimum atomic E-state index is 0.000564. The summed E-state index contributed by atoms with van der Waals surface area (Å²) in [6.45, 7) is 1.94. The van der Waals surface area contributed by atoms with Crippen LogP contribution in [0.5, 0.6) is 5.75 Å². The van der Waals surface area contributed by atoms with Crippen molar-refractivity contribution in [2.45, 2.75) is 6.92 Å². The first-order valence-corrected chi connectivity index (χ1v) is 5.65. The van der Waals surface area contributed by atoms with Crippen LogP contribution in [0.4, 0.5) is 0 Å². The minimum Gasteiger partial charge on any atom is -0.505 e. The van der Waals surface area contributed by atoms with Gasteiger partial charge in [-0.05, 0) is 30.7 Å². The van der Waals surface area contributed by atoms with Gasteiger partial charge in [-0.25, -0.2) is 4.98 Å². The molecule has 94 valence electrons. The zero-order valence-corrected chi connectivity index (χ0v) is 10.1. The van der Waals surface area contributed by atoms with E-state index in [-0.39, 0.29) is 17.3 Å². The lowest BCUT2D eigenvalue weighted by Crippen LogP contribution is -1.87. The highest BCUT2D eigenvalue weighted by Gasteiger charge is 2.15. The van der Waals surface area contributed by atoms with Gasteiger partial charge in [-0.1, -0.05) is 5.16 Å². The van der Waals surface area contributed by atoms with Gasteiger partial charge in [0.25, 0.3) is 5.89 Å². The third-order valence-corrected chi connectivity index (χ3v) is 2.69. The molecule has 1 N–H and O–H groups in total. The molecule has 0 spiro atoms. The van der Waals surface area contributed by atoms with Crippen molar-refractivity contribution in [2.24, 2.45) is 0 Å². The third-order valence-electron chi connectivity index (χ3n) is 2.69. The molecule has 0 fully saturated rings. The number of hydrogen-bond acceptors (Lipinski definition) is 6. The molecule has 19 heavy (non-hydrogen) atoms. The summed E-state index contributed by atoms with van der Waals surface area (Å²) in [7, 11) is 0. The van der Waals surface area contributed by atoms with Crippen molar-refractivity contribution in [1.82, 2.24) is 20.1 Å². The van der Waals surface area contributed by atoms with Gasteiger partial charge in [-0.15, -0.1) is 0 Å². The molecule has 0 aliphatic carbocycles. The molecule has 0 saturated carbocycles. The lowest BCUT2D eigenvalue weighted by atomic mass is 10.1. The van der Waals surface area contributed by atoms with Crippen molar-refractivity contribution >= 4 is 0 Å². The highest BCUT2D eigenvalue weighted by atomic mass is 16.5. The van der Waals surface area contributed by atoms with Crippen LogP contribution in [-0.4, -0.2) is 25.2 Å². The lowest BCUT2D eigenvalue weighted by Gasteiger charge is -1.97. The van der Waals surface area contributed by atoms with Crippen molar-refractivity contribution in [3.8, 4) is 28.7 Å². The molecule has 3 aromatic rings. The summed E-state index contributed by atoms with van der Waals surface area (Å²) in [6.07, 6.45) is 4.92. The number of pyridine rings is 2. The number of aryl methyl sites for hydroxylation is 1. The SMILES string of the molecule is Cc1ccncc1-c1noc(-c2ncccc2O)n1. The predicted molar refractivity (Wildman–Crippen MR) is 67.2 cm³/mol. The topological polar surface area (TPSA) is 84.9 Å². The van der Waals surface area contributed by atoms with E-state index in [9.17, 15) is 5.11 Å². The van der Waals surface area contributed by atoms with Gasteiger partial charge in [0.1, 0.15) is 5.75 Å². The minimum absolute atomic E-state index is 0.000564. The van der Waals surface area contributed by atoms with Gasteiger partial charge in [-0.2, -0.15) is 4.98 Å². The zero-order valence-electron chi connectivity index (χ0n) is 10.1. The fraction of sp³-hybridized carbons (Fsp3) is 0.0769. The van der Waals surface area contributed by atoms with Crippen LogP contribution in [0.25, 0.3) is 23.0 Å². The zero-order chi connectivity index (χ0) is 13.2. The van der Waals surface area contributed by atoms with Crippen LogP contribution in [0, 0.1) is 6.92 Å². The first-order chi connectivity index (χ1) is 9.25. The van der Waals surface area contributed by atoms with E-state index in [1.165, 1.54) is 6.07 Å². The molecule has 0 aromatic carbocycles. The molecule has 3 heterocycles. The summed E-state index contributed by atoms with van der Waals surface area (Å²) in [5.74, 6) is 0.600. The van der Waals surface area contributed by atoms with E-state index in [4.69, 9.17) is 4.52 Å². The number of aromatic nitrogens is 4.